The molecule has 4 nitrogen and oxygen atoms in total. The van der Waals surface area contributed by atoms with Crippen molar-refractivity contribution in [1.29, 1.82) is 0 Å². The molecule has 0 atom stereocenters. The van der Waals surface area contributed by atoms with Crippen molar-refractivity contribution in [2.24, 2.45) is 5.92 Å². The molecule has 0 spiro atoms. The molecule has 2 aromatic rings. The number of hydrogen-bond donors (Lipinski definition) is 1. The van der Waals surface area contributed by atoms with Crippen LogP contribution in [0.3, 0.4) is 0 Å². The fraction of sp³-hybridized carbons (Fsp3) is 0.519. The third-order valence-corrected chi connectivity index (χ3v) is 7.03. The first-order valence-corrected chi connectivity index (χ1v) is 12.0. The van der Waals surface area contributed by atoms with Crippen LogP contribution in [0.25, 0.3) is 0 Å². The van der Waals surface area contributed by atoms with E-state index in [2.05, 4.69) is 70.6 Å². The lowest BCUT2D eigenvalue weighted by Crippen LogP contribution is -2.40. The minimum Gasteiger partial charge on any atom is -0.352 e. The second-order valence-electron chi connectivity index (χ2n) is 9.30. The number of benzene rings is 2. The molecule has 2 aromatic carbocycles. The summed E-state index contributed by atoms with van der Waals surface area (Å²) in [6.07, 6.45) is 5.88. The molecule has 0 bridgehead atoms. The number of nitrogens with zero attached hydrogens (tertiary/aromatic N) is 2. The number of rotatable bonds is 7. The fourth-order valence-corrected chi connectivity index (χ4v) is 4.95. The van der Waals surface area contributed by atoms with E-state index >= 15 is 0 Å². The van der Waals surface area contributed by atoms with Crippen LogP contribution in [0.5, 0.6) is 0 Å². The molecular weight excluding hydrogens is 382 g/mol. The second-order valence-corrected chi connectivity index (χ2v) is 9.30. The van der Waals surface area contributed by atoms with Gasteiger partial charge < -0.3 is 5.32 Å². The van der Waals surface area contributed by atoms with Crippen LogP contribution >= 0.6 is 0 Å². The monoisotopic (exact) mass is 419 g/mol. The molecule has 2 fully saturated rings. The topological polar surface area (TPSA) is 35.6 Å². The Hall–Kier alpha value is -2.17. The minimum atomic E-state index is 0.141. The zero-order valence-corrected chi connectivity index (χ0v) is 19.0. The van der Waals surface area contributed by atoms with E-state index in [0.717, 1.165) is 39.0 Å². The van der Waals surface area contributed by atoms with E-state index in [1.807, 2.05) is 0 Å². The van der Waals surface area contributed by atoms with Crippen LogP contribution < -0.4 is 5.32 Å². The van der Waals surface area contributed by atoms with Gasteiger partial charge >= 0.3 is 0 Å². The standard InChI is InChI=1S/C27H37N3O/c1-22-9-3-4-11-25(22)20-30-17-13-23(14-18-30)27(31)28-19-24-10-5-6-12-26(24)21-29-15-7-2-8-16-29/h3-6,9-12,23H,2,7-8,13-21H2,1H3,(H,28,31). The summed E-state index contributed by atoms with van der Waals surface area (Å²) in [6, 6.07) is 17.2. The number of nitrogens with one attached hydrogen (secondary N) is 1. The molecule has 0 unspecified atom stereocenters. The van der Waals surface area contributed by atoms with Crippen LogP contribution in [-0.2, 0) is 24.4 Å². The van der Waals surface area contributed by atoms with Crippen molar-refractivity contribution in [2.45, 2.75) is 58.7 Å². The number of piperidine rings is 2. The highest BCUT2D eigenvalue weighted by atomic mass is 16.1. The van der Waals surface area contributed by atoms with Gasteiger partial charge in [-0.1, -0.05) is 55.0 Å². The summed E-state index contributed by atoms with van der Waals surface area (Å²) in [4.78, 5) is 17.9. The number of aryl methyl sites for hydroxylation is 1. The normalized spacial score (nSPS) is 18.7. The van der Waals surface area contributed by atoms with E-state index in [9.17, 15) is 4.79 Å². The van der Waals surface area contributed by atoms with E-state index in [4.69, 9.17) is 0 Å². The fourth-order valence-electron chi connectivity index (χ4n) is 4.95. The molecule has 2 heterocycles. The molecule has 31 heavy (non-hydrogen) atoms. The maximum Gasteiger partial charge on any atom is 0.223 e. The Morgan fingerprint density at radius 2 is 1.39 bits per heavy atom. The summed E-state index contributed by atoms with van der Waals surface area (Å²) in [5.74, 6) is 0.366. The predicted octanol–water partition coefficient (Wildman–Crippen LogP) is 4.51. The van der Waals surface area contributed by atoms with Gasteiger partial charge in [0, 0.05) is 25.6 Å². The predicted molar refractivity (Wildman–Crippen MR) is 127 cm³/mol. The van der Waals surface area contributed by atoms with Crippen LogP contribution in [0.2, 0.25) is 0 Å². The number of likely N-dealkylation sites (tertiary alicyclic amines) is 2. The quantitative estimate of drug-likeness (QED) is 0.717. The Labute approximate surface area is 187 Å². The molecule has 4 heteroatoms. The van der Waals surface area contributed by atoms with Crippen LogP contribution in [0.1, 0.15) is 54.4 Å². The van der Waals surface area contributed by atoms with Crippen molar-refractivity contribution in [3.63, 3.8) is 0 Å². The molecule has 2 saturated heterocycles. The van der Waals surface area contributed by atoms with Crippen molar-refractivity contribution in [2.75, 3.05) is 26.2 Å². The highest BCUT2D eigenvalue weighted by Gasteiger charge is 2.25. The van der Waals surface area contributed by atoms with Crippen LogP contribution in [0.15, 0.2) is 48.5 Å². The minimum absolute atomic E-state index is 0.141. The van der Waals surface area contributed by atoms with E-state index in [1.165, 1.54) is 54.6 Å². The summed E-state index contributed by atoms with van der Waals surface area (Å²) in [6.45, 7) is 9.21. The molecule has 0 aromatic heterocycles. The van der Waals surface area contributed by atoms with Crippen LogP contribution in [0, 0.1) is 12.8 Å². The van der Waals surface area contributed by atoms with Gasteiger partial charge in [0.1, 0.15) is 0 Å². The number of carbonyl (C=O) groups is 1. The number of hydrogen-bond acceptors (Lipinski definition) is 3. The van der Waals surface area contributed by atoms with E-state index in [1.54, 1.807) is 0 Å². The first kappa shape index (κ1) is 22.0. The van der Waals surface area contributed by atoms with Crippen molar-refractivity contribution in [3.8, 4) is 0 Å². The molecule has 166 valence electrons. The van der Waals surface area contributed by atoms with E-state index < -0.39 is 0 Å². The lowest BCUT2D eigenvalue weighted by Gasteiger charge is -2.31. The lowest BCUT2D eigenvalue weighted by atomic mass is 9.95. The molecule has 2 aliphatic rings. The molecule has 0 radical (unpaired) electrons. The van der Waals surface area contributed by atoms with Gasteiger partial charge in [-0.2, -0.15) is 0 Å². The van der Waals surface area contributed by atoms with Gasteiger partial charge in [-0.15, -0.1) is 0 Å². The van der Waals surface area contributed by atoms with Crippen LogP contribution in [0.4, 0.5) is 0 Å². The molecule has 4 rings (SSSR count). The van der Waals surface area contributed by atoms with Gasteiger partial charge in [-0.05, 0) is 81.0 Å². The van der Waals surface area contributed by atoms with Gasteiger partial charge in [0.05, 0.1) is 0 Å². The van der Waals surface area contributed by atoms with Crippen molar-refractivity contribution in [3.05, 3.63) is 70.8 Å². The molecule has 2 aliphatic heterocycles. The molecule has 0 saturated carbocycles. The SMILES string of the molecule is Cc1ccccc1CN1CCC(C(=O)NCc2ccccc2CN2CCCCC2)CC1. The highest BCUT2D eigenvalue weighted by molar-refractivity contribution is 5.78. The van der Waals surface area contributed by atoms with Crippen LogP contribution in [-0.4, -0.2) is 41.9 Å². The molecule has 0 aliphatic carbocycles. The molecule has 1 N–H and O–H groups in total. The van der Waals surface area contributed by atoms with Gasteiger partial charge in [-0.3, -0.25) is 14.6 Å². The summed E-state index contributed by atoms with van der Waals surface area (Å²) in [5, 5.41) is 3.24. The zero-order valence-electron chi connectivity index (χ0n) is 19.0. The Balaban J connectivity index is 1.25. The highest BCUT2D eigenvalue weighted by Crippen LogP contribution is 2.21. The van der Waals surface area contributed by atoms with Gasteiger partial charge in [0.2, 0.25) is 5.91 Å². The first-order chi connectivity index (χ1) is 15.2. The first-order valence-electron chi connectivity index (χ1n) is 12.0. The Bertz CT molecular complexity index is 851. The lowest BCUT2D eigenvalue weighted by molar-refractivity contribution is -0.126. The summed E-state index contributed by atoms with van der Waals surface area (Å²) >= 11 is 0. The Morgan fingerprint density at radius 1 is 0.806 bits per heavy atom. The van der Waals surface area contributed by atoms with E-state index in [-0.39, 0.29) is 11.8 Å². The van der Waals surface area contributed by atoms with Gasteiger partial charge in [0.15, 0.2) is 0 Å². The maximum absolute atomic E-state index is 12.9. The average Bonchev–Trinajstić information content (AvgIpc) is 2.81. The zero-order chi connectivity index (χ0) is 21.5. The van der Waals surface area contributed by atoms with E-state index in [0.29, 0.717) is 6.54 Å². The average molecular weight is 420 g/mol. The van der Waals surface area contributed by atoms with Crippen molar-refractivity contribution >= 4 is 5.91 Å². The maximum atomic E-state index is 12.9. The largest absolute Gasteiger partial charge is 0.352 e. The third kappa shape index (κ3) is 6.18. The summed E-state index contributed by atoms with van der Waals surface area (Å²) < 4.78 is 0. The second kappa shape index (κ2) is 10.9. The summed E-state index contributed by atoms with van der Waals surface area (Å²) in [5.41, 5.74) is 5.37. The Morgan fingerprint density at radius 3 is 2.10 bits per heavy atom. The van der Waals surface area contributed by atoms with Crippen molar-refractivity contribution in [1.82, 2.24) is 15.1 Å². The number of carbonyl (C=O) groups excluding carboxylic acids is 1. The smallest absolute Gasteiger partial charge is 0.223 e. The Kier molecular flexibility index (Phi) is 7.76. The third-order valence-electron chi connectivity index (χ3n) is 7.03. The summed E-state index contributed by atoms with van der Waals surface area (Å²) in [7, 11) is 0. The van der Waals surface area contributed by atoms with Gasteiger partial charge in [0.25, 0.3) is 0 Å². The number of amides is 1. The van der Waals surface area contributed by atoms with Crippen molar-refractivity contribution < 1.29 is 4.79 Å². The molecular formula is C27H37N3O. The molecule has 1 amide bonds. The van der Waals surface area contributed by atoms with Gasteiger partial charge in [-0.25, -0.2) is 0 Å².